The maximum absolute atomic E-state index is 12.7. The van der Waals surface area contributed by atoms with Crippen LogP contribution in [0.1, 0.15) is 57.3 Å². The molecule has 0 heterocycles. The quantitative estimate of drug-likeness (QED) is 0.649. The molecule has 0 aliphatic rings. The highest BCUT2D eigenvalue weighted by Gasteiger charge is 2.33. The van der Waals surface area contributed by atoms with Gasteiger partial charge in [-0.05, 0) is 44.9 Å². The number of carbonyl (C=O) groups is 2. The van der Waals surface area contributed by atoms with Gasteiger partial charge in [0.1, 0.15) is 16.9 Å². The lowest BCUT2D eigenvalue weighted by Crippen LogP contribution is -2.43. The Morgan fingerprint density at radius 2 is 1.88 bits per heavy atom. The molecule has 1 rings (SSSR count). The molecule has 1 amide bonds. The number of benzene rings is 1. The third-order valence-electron chi connectivity index (χ3n) is 3.77. The van der Waals surface area contributed by atoms with Crippen molar-refractivity contribution in [1.82, 2.24) is 0 Å². The second kappa shape index (κ2) is 10.0. The number of esters is 1. The smallest absolute Gasteiger partial charge is 0.341 e. The molecular formula is C19H29NO5. The van der Waals surface area contributed by atoms with E-state index < -0.39 is 11.6 Å². The molecule has 0 saturated carbocycles. The zero-order valence-corrected chi connectivity index (χ0v) is 15.8. The number of rotatable bonds is 10. The summed E-state index contributed by atoms with van der Waals surface area (Å²) in [7, 11) is 1.31. The fourth-order valence-corrected chi connectivity index (χ4v) is 2.48. The Balaban J connectivity index is 3.03. The average Bonchev–Trinajstić information content (AvgIpc) is 2.61. The third-order valence-corrected chi connectivity index (χ3v) is 3.77. The van der Waals surface area contributed by atoms with Gasteiger partial charge in [-0.2, -0.15) is 0 Å². The molecule has 25 heavy (non-hydrogen) atoms. The zero-order valence-electron chi connectivity index (χ0n) is 15.8. The highest BCUT2D eigenvalue weighted by atomic mass is 16.5. The van der Waals surface area contributed by atoms with Gasteiger partial charge in [0, 0.05) is 12.3 Å². The number of methoxy groups -OCH3 is 1. The monoisotopic (exact) mass is 351 g/mol. The van der Waals surface area contributed by atoms with E-state index >= 15 is 0 Å². The molecule has 0 fully saturated rings. The molecule has 1 aromatic rings. The topological polar surface area (TPSA) is 73.9 Å². The number of carbonyl (C=O) groups excluding carboxylic acids is 2. The molecule has 1 aromatic carbocycles. The van der Waals surface area contributed by atoms with Crippen LogP contribution < -0.4 is 10.1 Å². The maximum atomic E-state index is 12.7. The van der Waals surface area contributed by atoms with Crippen LogP contribution in [0.5, 0.6) is 5.75 Å². The second-order valence-corrected chi connectivity index (χ2v) is 5.92. The summed E-state index contributed by atoms with van der Waals surface area (Å²) < 4.78 is 16.0. The minimum atomic E-state index is -0.908. The Hall–Kier alpha value is -2.08. The van der Waals surface area contributed by atoms with Crippen LogP contribution in [-0.2, 0) is 14.3 Å². The number of hydrogen-bond donors (Lipinski definition) is 1. The van der Waals surface area contributed by atoms with Crippen molar-refractivity contribution in [3.8, 4) is 5.75 Å². The van der Waals surface area contributed by atoms with Crippen molar-refractivity contribution in [2.24, 2.45) is 0 Å². The fraction of sp³-hybridized carbons (Fsp3) is 0.579. The van der Waals surface area contributed by atoms with Gasteiger partial charge in [0.25, 0.3) is 5.91 Å². The molecule has 0 aliphatic heterocycles. The molecule has 0 aliphatic carbocycles. The van der Waals surface area contributed by atoms with Crippen LogP contribution in [0.15, 0.2) is 18.2 Å². The minimum Gasteiger partial charge on any atom is -0.493 e. The van der Waals surface area contributed by atoms with Gasteiger partial charge in [0.05, 0.1) is 13.7 Å². The van der Waals surface area contributed by atoms with Gasteiger partial charge in [0.15, 0.2) is 0 Å². The zero-order chi connectivity index (χ0) is 18.9. The second-order valence-electron chi connectivity index (χ2n) is 5.92. The van der Waals surface area contributed by atoms with Crippen LogP contribution >= 0.6 is 0 Å². The van der Waals surface area contributed by atoms with Gasteiger partial charge in [-0.25, -0.2) is 4.79 Å². The van der Waals surface area contributed by atoms with Gasteiger partial charge < -0.3 is 19.5 Å². The lowest BCUT2D eigenvalue weighted by Gasteiger charge is -2.28. The van der Waals surface area contributed by atoms with E-state index in [1.807, 2.05) is 20.8 Å². The third kappa shape index (κ3) is 5.74. The van der Waals surface area contributed by atoms with Crippen molar-refractivity contribution in [3.05, 3.63) is 23.8 Å². The number of anilines is 1. The summed E-state index contributed by atoms with van der Waals surface area (Å²) in [6.45, 7) is 8.57. The van der Waals surface area contributed by atoms with E-state index in [0.717, 1.165) is 12.8 Å². The molecule has 6 nitrogen and oxygen atoms in total. The van der Waals surface area contributed by atoms with Crippen LogP contribution in [0.4, 0.5) is 5.69 Å². The highest BCUT2D eigenvalue weighted by molar-refractivity contribution is 5.99. The molecular weight excluding hydrogens is 322 g/mol. The summed E-state index contributed by atoms with van der Waals surface area (Å²) in [5.41, 5.74) is -0.139. The Bertz CT molecular complexity index is 587. The first kappa shape index (κ1) is 21.0. The first-order chi connectivity index (χ1) is 11.9. The van der Waals surface area contributed by atoms with E-state index in [0.29, 0.717) is 31.1 Å². The molecule has 6 heteroatoms. The first-order valence-corrected chi connectivity index (χ1v) is 8.72. The van der Waals surface area contributed by atoms with Crippen LogP contribution in [-0.4, -0.2) is 37.8 Å². The average molecular weight is 351 g/mol. The summed E-state index contributed by atoms with van der Waals surface area (Å²) in [6, 6.07) is 4.90. The summed E-state index contributed by atoms with van der Waals surface area (Å²) in [5, 5.41) is 2.84. The minimum absolute atomic E-state index is 0.234. The van der Waals surface area contributed by atoms with Crippen molar-refractivity contribution in [2.45, 2.75) is 52.6 Å². The predicted molar refractivity (Wildman–Crippen MR) is 97.1 cm³/mol. The van der Waals surface area contributed by atoms with Crippen molar-refractivity contribution in [1.29, 1.82) is 0 Å². The molecule has 0 aromatic heterocycles. The van der Waals surface area contributed by atoms with Crippen molar-refractivity contribution in [2.75, 3.05) is 25.6 Å². The van der Waals surface area contributed by atoms with Crippen LogP contribution in [0.2, 0.25) is 0 Å². The van der Waals surface area contributed by atoms with E-state index in [4.69, 9.17) is 14.2 Å². The van der Waals surface area contributed by atoms with E-state index in [1.165, 1.54) is 7.11 Å². The highest BCUT2D eigenvalue weighted by Crippen LogP contribution is 2.26. The van der Waals surface area contributed by atoms with Crippen molar-refractivity contribution in [3.63, 3.8) is 0 Å². The van der Waals surface area contributed by atoms with E-state index in [-0.39, 0.29) is 11.5 Å². The van der Waals surface area contributed by atoms with E-state index in [9.17, 15) is 9.59 Å². The Morgan fingerprint density at radius 3 is 2.44 bits per heavy atom. The summed E-state index contributed by atoms with van der Waals surface area (Å²) in [4.78, 5) is 24.7. The largest absolute Gasteiger partial charge is 0.493 e. The fourth-order valence-electron chi connectivity index (χ4n) is 2.48. The van der Waals surface area contributed by atoms with Crippen molar-refractivity contribution >= 4 is 17.6 Å². The SMILES string of the molecule is CCCO[C@@](C)(CCC)C(=O)Nc1ccc(OCC)c(C(=O)OC)c1. The van der Waals surface area contributed by atoms with E-state index in [2.05, 4.69) is 5.32 Å². The molecule has 0 unspecified atom stereocenters. The summed E-state index contributed by atoms with van der Waals surface area (Å²) in [6.07, 6.45) is 2.27. The Morgan fingerprint density at radius 1 is 1.16 bits per heavy atom. The summed E-state index contributed by atoms with van der Waals surface area (Å²) >= 11 is 0. The molecule has 0 radical (unpaired) electrons. The van der Waals surface area contributed by atoms with Gasteiger partial charge in [-0.1, -0.05) is 20.3 Å². The van der Waals surface area contributed by atoms with Gasteiger partial charge >= 0.3 is 5.97 Å². The van der Waals surface area contributed by atoms with E-state index in [1.54, 1.807) is 25.1 Å². The lowest BCUT2D eigenvalue weighted by molar-refractivity contribution is -0.140. The normalized spacial score (nSPS) is 13.0. The molecule has 1 N–H and O–H groups in total. The standard InChI is InChI=1S/C19H29NO5/c1-6-11-19(4,25-12-7-2)18(22)20-14-9-10-16(24-8-3)15(13-14)17(21)23-5/h9-10,13H,6-8,11-12H2,1-5H3,(H,20,22)/t19-/m0/s1. The molecule has 0 spiro atoms. The van der Waals surface area contributed by atoms with Gasteiger partial charge in [0.2, 0.25) is 0 Å². The van der Waals surface area contributed by atoms with Gasteiger partial charge in [-0.3, -0.25) is 4.79 Å². The van der Waals surface area contributed by atoms with Crippen LogP contribution in [0.25, 0.3) is 0 Å². The van der Waals surface area contributed by atoms with Crippen molar-refractivity contribution < 1.29 is 23.8 Å². The molecule has 140 valence electrons. The Kier molecular flexibility index (Phi) is 8.41. The van der Waals surface area contributed by atoms with Crippen LogP contribution in [0, 0.1) is 0 Å². The summed E-state index contributed by atoms with van der Waals surface area (Å²) in [5.74, 6) is -0.327. The lowest BCUT2D eigenvalue weighted by atomic mass is 9.98. The van der Waals surface area contributed by atoms with Gasteiger partial charge in [-0.15, -0.1) is 0 Å². The molecule has 1 atom stereocenters. The number of hydrogen-bond acceptors (Lipinski definition) is 5. The number of nitrogens with one attached hydrogen (secondary N) is 1. The van der Waals surface area contributed by atoms with Crippen LogP contribution in [0.3, 0.4) is 0 Å². The number of amides is 1. The predicted octanol–water partition coefficient (Wildman–Crippen LogP) is 3.80. The Labute approximate surface area is 149 Å². The first-order valence-electron chi connectivity index (χ1n) is 8.72. The molecule has 0 saturated heterocycles. The number of ether oxygens (including phenoxy) is 3. The maximum Gasteiger partial charge on any atom is 0.341 e. The molecule has 0 bridgehead atoms.